The SMILES string of the molecule is O=C(CN1CCN(Cc2nc(-c3ccco3)no2)CC1)NCc1ccccc1. The van der Waals surface area contributed by atoms with Crippen molar-refractivity contribution in [3.8, 4) is 11.6 Å². The van der Waals surface area contributed by atoms with Crippen LogP contribution in [0.3, 0.4) is 0 Å². The molecule has 1 aliphatic rings. The fourth-order valence-corrected chi connectivity index (χ4v) is 3.18. The van der Waals surface area contributed by atoms with Crippen LogP contribution < -0.4 is 5.32 Å². The maximum atomic E-state index is 12.2. The van der Waals surface area contributed by atoms with Gasteiger partial charge in [-0.3, -0.25) is 14.6 Å². The number of rotatable bonds is 7. The van der Waals surface area contributed by atoms with Crippen LogP contribution in [0.25, 0.3) is 11.6 Å². The molecule has 0 aliphatic carbocycles. The Morgan fingerprint density at radius 3 is 2.57 bits per heavy atom. The second kappa shape index (κ2) is 8.81. The van der Waals surface area contributed by atoms with Gasteiger partial charge in [0.2, 0.25) is 17.6 Å². The van der Waals surface area contributed by atoms with E-state index in [1.54, 1.807) is 18.4 Å². The van der Waals surface area contributed by atoms with Gasteiger partial charge in [0.15, 0.2) is 5.76 Å². The van der Waals surface area contributed by atoms with Gasteiger partial charge in [-0.15, -0.1) is 0 Å². The smallest absolute Gasteiger partial charge is 0.241 e. The lowest BCUT2D eigenvalue weighted by Crippen LogP contribution is -2.49. The monoisotopic (exact) mass is 381 g/mol. The van der Waals surface area contributed by atoms with Gasteiger partial charge in [-0.2, -0.15) is 4.98 Å². The third kappa shape index (κ3) is 4.85. The van der Waals surface area contributed by atoms with E-state index in [-0.39, 0.29) is 5.91 Å². The number of carbonyl (C=O) groups is 1. The highest BCUT2D eigenvalue weighted by molar-refractivity contribution is 5.78. The number of piperazine rings is 1. The molecule has 0 bridgehead atoms. The lowest BCUT2D eigenvalue weighted by molar-refractivity contribution is -0.122. The molecular weight excluding hydrogens is 358 g/mol. The Kier molecular flexibility index (Phi) is 5.79. The molecule has 28 heavy (non-hydrogen) atoms. The first-order valence-corrected chi connectivity index (χ1v) is 9.38. The molecule has 1 aromatic carbocycles. The zero-order chi connectivity index (χ0) is 19.2. The van der Waals surface area contributed by atoms with E-state index in [0.29, 0.717) is 37.1 Å². The molecule has 1 saturated heterocycles. The third-order valence-corrected chi connectivity index (χ3v) is 4.73. The number of carbonyl (C=O) groups excluding carboxylic acids is 1. The average molecular weight is 381 g/mol. The average Bonchev–Trinajstić information content (AvgIpc) is 3.41. The summed E-state index contributed by atoms with van der Waals surface area (Å²) in [6.07, 6.45) is 1.58. The quantitative estimate of drug-likeness (QED) is 0.667. The number of nitrogens with zero attached hydrogens (tertiary/aromatic N) is 4. The zero-order valence-electron chi connectivity index (χ0n) is 15.6. The highest BCUT2D eigenvalue weighted by Crippen LogP contribution is 2.16. The Morgan fingerprint density at radius 1 is 1.04 bits per heavy atom. The van der Waals surface area contributed by atoms with Crippen LogP contribution in [0.1, 0.15) is 11.5 Å². The minimum absolute atomic E-state index is 0.0530. The Morgan fingerprint density at radius 2 is 1.82 bits per heavy atom. The van der Waals surface area contributed by atoms with Crippen molar-refractivity contribution in [1.82, 2.24) is 25.3 Å². The van der Waals surface area contributed by atoms with Gasteiger partial charge in [-0.05, 0) is 17.7 Å². The molecule has 1 amide bonds. The summed E-state index contributed by atoms with van der Waals surface area (Å²) in [5.74, 6) is 1.69. The molecule has 0 radical (unpaired) electrons. The highest BCUT2D eigenvalue weighted by Gasteiger charge is 2.21. The molecule has 0 atom stereocenters. The maximum Gasteiger partial charge on any atom is 0.241 e. The van der Waals surface area contributed by atoms with Gasteiger partial charge in [-0.1, -0.05) is 35.5 Å². The number of furan rings is 1. The van der Waals surface area contributed by atoms with Crippen LogP contribution in [-0.4, -0.2) is 58.6 Å². The summed E-state index contributed by atoms with van der Waals surface area (Å²) in [6.45, 7) is 4.95. The number of aromatic nitrogens is 2. The van der Waals surface area contributed by atoms with Gasteiger partial charge in [0.05, 0.1) is 19.4 Å². The van der Waals surface area contributed by atoms with Crippen molar-refractivity contribution in [2.24, 2.45) is 0 Å². The number of hydrogen-bond acceptors (Lipinski definition) is 7. The molecule has 2 aromatic heterocycles. The van der Waals surface area contributed by atoms with E-state index in [1.165, 1.54) is 0 Å². The Hall–Kier alpha value is -2.97. The van der Waals surface area contributed by atoms with Crippen LogP contribution in [0, 0.1) is 0 Å². The van der Waals surface area contributed by atoms with Crippen molar-refractivity contribution in [2.45, 2.75) is 13.1 Å². The Labute approximate surface area is 163 Å². The molecule has 3 heterocycles. The standard InChI is InChI=1S/C20H23N5O3/c26-18(21-13-16-5-2-1-3-6-16)14-24-8-10-25(11-9-24)15-19-22-20(23-28-19)17-7-4-12-27-17/h1-7,12H,8-11,13-15H2,(H,21,26). The van der Waals surface area contributed by atoms with Crippen molar-refractivity contribution in [3.05, 3.63) is 60.2 Å². The van der Waals surface area contributed by atoms with Gasteiger partial charge in [0, 0.05) is 32.7 Å². The number of hydrogen-bond donors (Lipinski definition) is 1. The van der Waals surface area contributed by atoms with Crippen LogP contribution in [0.4, 0.5) is 0 Å². The second-order valence-corrected chi connectivity index (χ2v) is 6.80. The molecule has 1 N–H and O–H groups in total. The molecule has 146 valence electrons. The van der Waals surface area contributed by atoms with E-state index in [1.807, 2.05) is 30.3 Å². The summed E-state index contributed by atoms with van der Waals surface area (Å²) >= 11 is 0. The van der Waals surface area contributed by atoms with Crippen LogP contribution in [0.15, 0.2) is 57.7 Å². The van der Waals surface area contributed by atoms with Gasteiger partial charge in [0.1, 0.15) is 0 Å². The van der Waals surface area contributed by atoms with Crippen LogP contribution in [-0.2, 0) is 17.9 Å². The third-order valence-electron chi connectivity index (χ3n) is 4.73. The summed E-state index contributed by atoms with van der Waals surface area (Å²) < 4.78 is 10.6. The lowest BCUT2D eigenvalue weighted by Gasteiger charge is -2.33. The van der Waals surface area contributed by atoms with Crippen molar-refractivity contribution < 1.29 is 13.7 Å². The topological polar surface area (TPSA) is 87.6 Å². The molecular formula is C20H23N5O3. The number of amides is 1. The first kappa shape index (κ1) is 18.4. The van der Waals surface area contributed by atoms with Crippen LogP contribution >= 0.6 is 0 Å². The zero-order valence-corrected chi connectivity index (χ0v) is 15.6. The van der Waals surface area contributed by atoms with Gasteiger partial charge in [0.25, 0.3) is 0 Å². The molecule has 8 heteroatoms. The lowest BCUT2D eigenvalue weighted by atomic mass is 10.2. The van der Waals surface area contributed by atoms with E-state index in [9.17, 15) is 4.79 Å². The van der Waals surface area contributed by atoms with Crippen LogP contribution in [0.5, 0.6) is 0 Å². The summed E-state index contributed by atoms with van der Waals surface area (Å²) in [4.78, 5) is 21.0. The minimum atomic E-state index is 0.0530. The summed E-state index contributed by atoms with van der Waals surface area (Å²) in [5.41, 5.74) is 1.11. The van der Waals surface area contributed by atoms with E-state index in [0.717, 1.165) is 31.7 Å². The largest absolute Gasteiger partial charge is 0.461 e. The minimum Gasteiger partial charge on any atom is -0.461 e. The molecule has 8 nitrogen and oxygen atoms in total. The van der Waals surface area contributed by atoms with E-state index >= 15 is 0 Å². The molecule has 3 aromatic rings. The first-order chi connectivity index (χ1) is 13.8. The summed E-state index contributed by atoms with van der Waals surface area (Å²) in [5, 5.41) is 6.93. The highest BCUT2D eigenvalue weighted by atomic mass is 16.5. The molecule has 0 saturated carbocycles. The van der Waals surface area contributed by atoms with Crippen molar-refractivity contribution in [1.29, 1.82) is 0 Å². The first-order valence-electron chi connectivity index (χ1n) is 9.38. The molecule has 1 fully saturated rings. The number of benzene rings is 1. The van der Waals surface area contributed by atoms with Crippen molar-refractivity contribution in [3.63, 3.8) is 0 Å². The fraction of sp³-hybridized carbons (Fsp3) is 0.350. The predicted octanol–water partition coefficient (Wildman–Crippen LogP) is 1.76. The molecule has 1 aliphatic heterocycles. The molecule has 0 unspecified atom stereocenters. The fourth-order valence-electron chi connectivity index (χ4n) is 3.18. The summed E-state index contributed by atoms with van der Waals surface area (Å²) in [7, 11) is 0. The van der Waals surface area contributed by atoms with Crippen molar-refractivity contribution in [2.75, 3.05) is 32.7 Å². The van der Waals surface area contributed by atoms with Gasteiger partial charge < -0.3 is 14.3 Å². The molecule has 4 rings (SSSR count). The van der Waals surface area contributed by atoms with Crippen LogP contribution in [0.2, 0.25) is 0 Å². The van der Waals surface area contributed by atoms with Gasteiger partial charge in [-0.25, -0.2) is 0 Å². The van der Waals surface area contributed by atoms with E-state index in [2.05, 4.69) is 25.3 Å². The predicted molar refractivity (Wildman–Crippen MR) is 102 cm³/mol. The maximum absolute atomic E-state index is 12.2. The molecule has 0 spiro atoms. The second-order valence-electron chi connectivity index (χ2n) is 6.80. The number of nitrogens with one attached hydrogen (secondary N) is 1. The van der Waals surface area contributed by atoms with E-state index in [4.69, 9.17) is 8.94 Å². The Balaban J connectivity index is 1.19. The van der Waals surface area contributed by atoms with E-state index < -0.39 is 0 Å². The normalized spacial score (nSPS) is 15.6. The van der Waals surface area contributed by atoms with Gasteiger partial charge >= 0.3 is 0 Å². The van der Waals surface area contributed by atoms with Crippen molar-refractivity contribution >= 4 is 5.91 Å². The Bertz CT molecular complexity index is 870. The summed E-state index contributed by atoms with van der Waals surface area (Å²) in [6, 6.07) is 13.5.